The third-order valence-corrected chi connectivity index (χ3v) is 4.02. The normalized spacial score (nSPS) is 16.7. The molecule has 1 N–H and O–H groups in total. The van der Waals surface area contributed by atoms with Crippen LogP contribution in [0.25, 0.3) is 0 Å². The van der Waals surface area contributed by atoms with E-state index in [0.29, 0.717) is 12.8 Å². The Kier molecular flexibility index (Phi) is 4.24. The minimum Gasteiger partial charge on any atom is -0.299 e. The van der Waals surface area contributed by atoms with Crippen molar-refractivity contribution in [1.82, 2.24) is 25.5 Å². The van der Waals surface area contributed by atoms with Crippen molar-refractivity contribution in [3.05, 3.63) is 40.7 Å². The van der Waals surface area contributed by atoms with Crippen molar-refractivity contribution in [2.75, 3.05) is 13.1 Å². The average molecular weight is 289 g/mol. The number of nitrogens with one attached hydrogen (secondary N) is 1. The number of alkyl halides is 1. The summed E-state index contributed by atoms with van der Waals surface area (Å²) in [6.45, 7) is 4.35. The van der Waals surface area contributed by atoms with Gasteiger partial charge in [0, 0.05) is 26.1 Å². The Balaban J connectivity index is 1.72. The van der Waals surface area contributed by atoms with Crippen molar-refractivity contribution >= 4 is 0 Å². The Bertz CT molecular complexity index is 582. The minimum atomic E-state index is -0.726. The summed E-state index contributed by atoms with van der Waals surface area (Å²) >= 11 is 0. The molecule has 1 unspecified atom stereocenters. The van der Waals surface area contributed by atoms with Crippen LogP contribution in [0.4, 0.5) is 4.39 Å². The Labute approximate surface area is 123 Å². The molecule has 1 aromatic heterocycles. The number of halogens is 1. The molecular weight excluding hydrogens is 269 g/mol. The quantitative estimate of drug-likeness (QED) is 0.913. The summed E-state index contributed by atoms with van der Waals surface area (Å²) < 4.78 is 13.0. The predicted octanol–water partition coefficient (Wildman–Crippen LogP) is 1.90. The maximum atomic E-state index is 13.0. The lowest BCUT2D eigenvalue weighted by Gasteiger charge is -2.30. The first-order chi connectivity index (χ1) is 10.2. The SMILES string of the molecule is CC(F)CCN1CCc2c(Cc3nn[nH]n3)cccc2C1. The topological polar surface area (TPSA) is 57.7 Å². The molecule has 0 amide bonds. The molecule has 0 radical (unpaired) electrons. The third kappa shape index (κ3) is 3.44. The van der Waals surface area contributed by atoms with Gasteiger partial charge in [0.15, 0.2) is 5.82 Å². The summed E-state index contributed by atoms with van der Waals surface area (Å²) in [7, 11) is 0. The number of aromatic nitrogens is 4. The smallest absolute Gasteiger partial charge is 0.178 e. The van der Waals surface area contributed by atoms with Gasteiger partial charge >= 0.3 is 0 Å². The van der Waals surface area contributed by atoms with Crippen molar-refractivity contribution in [2.24, 2.45) is 0 Å². The second kappa shape index (κ2) is 6.30. The van der Waals surface area contributed by atoms with Crippen LogP contribution in [0.1, 0.15) is 35.9 Å². The van der Waals surface area contributed by atoms with Gasteiger partial charge in [-0.2, -0.15) is 5.21 Å². The lowest BCUT2D eigenvalue weighted by molar-refractivity contribution is 0.217. The molecule has 0 spiro atoms. The number of tetrazole rings is 1. The van der Waals surface area contributed by atoms with Crippen molar-refractivity contribution in [2.45, 2.75) is 38.9 Å². The fraction of sp³-hybridized carbons (Fsp3) is 0.533. The van der Waals surface area contributed by atoms with Crippen LogP contribution in [0.2, 0.25) is 0 Å². The molecule has 21 heavy (non-hydrogen) atoms. The van der Waals surface area contributed by atoms with Gasteiger partial charge in [0.2, 0.25) is 0 Å². The number of H-pyrrole nitrogens is 1. The van der Waals surface area contributed by atoms with E-state index in [4.69, 9.17) is 0 Å². The Morgan fingerprint density at radius 2 is 2.33 bits per heavy atom. The van der Waals surface area contributed by atoms with Crippen LogP contribution in [0.5, 0.6) is 0 Å². The van der Waals surface area contributed by atoms with Crippen LogP contribution in [0.3, 0.4) is 0 Å². The summed E-state index contributed by atoms with van der Waals surface area (Å²) in [5, 5.41) is 14.1. The first-order valence-electron chi connectivity index (χ1n) is 7.41. The van der Waals surface area contributed by atoms with E-state index in [1.54, 1.807) is 6.92 Å². The van der Waals surface area contributed by atoms with Gasteiger partial charge in [-0.3, -0.25) is 4.90 Å². The summed E-state index contributed by atoms with van der Waals surface area (Å²) in [5.74, 6) is 0.720. The highest BCUT2D eigenvalue weighted by Gasteiger charge is 2.19. The fourth-order valence-electron chi connectivity index (χ4n) is 2.89. The Hall–Kier alpha value is -1.82. The third-order valence-electron chi connectivity index (χ3n) is 4.02. The zero-order valence-corrected chi connectivity index (χ0v) is 12.2. The van der Waals surface area contributed by atoms with Crippen LogP contribution >= 0.6 is 0 Å². The molecule has 2 heterocycles. The molecule has 0 fully saturated rings. The molecule has 0 bridgehead atoms. The van der Waals surface area contributed by atoms with Gasteiger partial charge in [0.1, 0.15) is 0 Å². The summed E-state index contributed by atoms with van der Waals surface area (Å²) in [5.41, 5.74) is 4.01. The van der Waals surface area contributed by atoms with E-state index in [1.165, 1.54) is 16.7 Å². The molecule has 6 heteroatoms. The number of hydrogen-bond donors (Lipinski definition) is 1. The molecule has 2 aromatic rings. The lowest BCUT2D eigenvalue weighted by atomic mass is 9.92. The van der Waals surface area contributed by atoms with Crippen molar-refractivity contribution in [3.63, 3.8) is 0 Å². The van der Waals surface area contributed by atoms with Crippen molar-refractivity contribution in [1.29, 1.82) is 0 Å². The molecule has 1 atom stereocenters. The van der Waals surface area contributed by atoms with E-state index < -0.39 is 6.17 Å². The number of nitrogens with zero attached hydrogens (tertiary/aromatic N) is 4. The molecule has 5 nitrogen and oxygen atoms in total. The van der Waals surface area contributed by atoms with Crippen LogP contribution in [0, 0.1) is 0 Å². The van der Waals surface area contributed by atoms with Gasteiger partial charge in [-0.05, 0) is 36.5 Å². The first-order valence-corrected chi connectivity index (χ1v) is 7.41. The van der Waals surface area contributed by atoms with Crippen molar-refractivity contribution < 1.29 is 4.39 Å². The second-order valence-corrected chi connectivity index (χ2v) is 5.66. The molecular formula is C15H20FN5. The van der Waals surface area contributed by atoms with E-state index in [2.05, 4.69) is 43.7 Å². The maximum Gasteiger partial charge on any atom is 0.178 e. The Morgan fingerprint density at radius 1 is 1.43 bits per heavy atom. The van der Waals surface area contributed by atoms with E-state index in [1.807, 2.05) is 0 Å². The zero-order chi connectivity index (χ0) is 14.7. The largest absolute Gasteiger partial charge is 0.299 e. The monoisotopic (exact) mass is 289 g/mol. The summed E-state index contributed by atoms with van der Waals surface area (Å²) in [4.78, 5) is 2.33. The van der Waals surface area contributed by atoms with Gasteiger partial charge in [0.05, 0.1) is 6.17 Å². The highest BCUT2D eigenvalue weighted by molar-refractivity contribution is 5.38. The summed E-state index contributed by atoms with van der Waals surface area (Å²) in [6, 6.07) is 6.38. The molecule has 1 aliphatic rings. The van der Waals surface area contributed by atoms with E-state index >= 15 is 0 Å². The molecule has 1 aliphatic heterocycles. The van der Waals surface area contributed by atoms with Gasteiger partial charge in [-0.25, -0.2) is 4.39 Å². The van der Waals surface area contributed by atoms with Gasteiger partial charge in [0.25, 0.3) is 0 Å². The summed E-state index contributed by atoms with van der Waals surface area (Å²) in [6.07, 6.45) is 1.60. The highest BCUT2D eigenvalue weighted by atomic mass is 19.1. The first kappa shape index (κ1) is 14.1. The molecule has 1 aromatic carbocycles. The fourth-order valence-corrected chi connectivity index (χ4v) is 2.89. The van der Waals surface area contributed by atoms with E-state index in [9.17, 15) is 4.39 Å². The molecule has 3 rings (SSSR count). The van der Waals surface area contributed by atoms with E-state index in [0.717, 1.165) is 31.9 Å². The Morgan fingerprint density at radius 3 is 3.10 bits per heavy atom. The number of benzene rings is 1. The van der Waals surface area contributed by atoms with Crippen LogP contribution < -0.4 is 0 Å². The van der Waals surface area contributed by atoms with Gasteiger partial charge in [-0.15, -0.1) is 10.2 Å². The molecule has 0 saturated carbocycles. The maximum absolute atomic E-state index is 13.0. The minimum absolute atomic E-state index is 0.609. The van der Waals surface area contributed by atoms with Crippen LogP contribution in [0.15, 0.2) is 18.2 Å². The van der Waals surface area contributed by atoms with Crippen LogP contribution in [-0.2, 0) is 19.4 Å². The molecule has 112 valence electrons. The number of hydrogen-bond acceptors (Lipinski definition) is 4. The van der Waals surface area contributed by atoms with Crippen molar-refractivity contribution in [3.8, 4) is 0 Å². The molecule has 0 saturated heterocycles. The molecule has 0 aliphatic carbocycles. The predicted molar refractivity (Wildman–Crippen MR) is 77.6 cm³/mol. The van der Waals surface area contributed by atoms with Gasteiger partial charge in [-0.1, -0.05) is 23.4 Å². The average Bonchev–Trinajstić information content (AvgIpc) is 2.98. The number of rotatable bonds is 5. The number of fused-ring (bicyclic) bond motifs is 1. The zero-order valence-electron chi connectivity index (χ0n) is 12.2. The van der Waals surface area contributed by atoms with Crippen LogP contribution in [-0.4, -0.2) is 44.8 Å². The standard InChI is InChI=1S/C15H20FN5/c1-11(16)5-7-21-8-6-14-12(3-2-4-13(14)10-21)9-15-17-19-20-18-15/h2-4,11H,5-10H2,1H3,(H,17,18,19,20). The van der Waals surface area contributed by atoms with Gasteiger partial charge < -0.3 is 0 Å². The highest BCUT2D eigenvalue weighted by Crippen LogP contribution is 2.24. The number of aromatic amines is 1. The second-order valence-electron chi connectivity index (χ2n) is 5.66. The van der Waals surface area contributed by atoms with E-state index in [-0.39, 0.29) is 0 Å². The lowest BCUT2D eigenvalue weighted by Crippen LogP contribution is -2.32.